The van der Waals surface area contributed by atoms with E-state index in [1.165, 1.54) is 12.8 Å². The molecule has 2 amide bonds. The number of carbonyl (C=O) groups excluding carboxylic acids is 1. The number of anilines is 1. The fourth-order valence-corrected chi connectivity index (χ4v) is 2.56. The van der Waals surface area contributed by atoms with Crippen molar-refractivity contribution < 1.29 is 4.79 Å². The first-order valence-corrected chi connectivity index (χ1v) is 6.73. The first-order valence-electron chi connectivity index (χ1n) is 6.35. The third kappa shape index (κ3) is 2.17. The van der Waals surface area contributed by atoms with Crippen molar-refractivity contribution in [3.63, 3.8) is 0 Å². The molecule has 0 aromatic carbocycles. The summed E-state index contributed by atoms with van der Waals surface area (Å²) in [5.41, 5.74) is 1.58. The molecule has 1 aromatic rings. The molecule has 1 aromatic heterocycles. The topological polar surface area (TPSA) is 45.2 Å². The third-order valence-electron chi connectivity index (χ3n) is 3.76. The fourth-order valence-electron chi connectivity index (χ4n) is 2.45. The van der Waals surface area contributed by atoms with Crippen molar-refractivity contribution in [1.29, 1.82) is 0 Å². The Kier molecular flexibility index (Phi) is 2.90. The van der Waals surface area contributed by atoms with Crippen LogP contribution in [0.15, 0.2) is 12.3 Å². The van der Waals surface area contributed by atoms with Crippen molar-refractivity contribution in [2.24, 2.45) is 5.92 Å². The van der Waals surface area contributed by atoms with Crippen LogP contribution in [0, 0.1) is 12.8 Å². The van der Waals surface area contributed by atoms with Gasteiger partial charge in [0.25, 0.3) is 0 Å². The number of amides is 2. The van der Waals surface area contributed by atoms with Gasteiger partial charge in [-0.2, -0.15) is 0 Å². The molecule has 0 spiro atoms. The summed E-state index contributed by atoms with van der Waals surface area (Å²) in [5.74, 6) is 0.745. The first-order chi connectivity index (χ1) is 8.65. The Bertz CT molecular complexity index is 487. The molecule has 1 aliphatic carbocycles. The zero-order chi connectivity index (χ0) is 12.7. The summed E-state index contributed by atoms with van der Waals surface area (Å²) in [6, 6.07) is 2.30. The Balaban J connectivity index is 1.64. The van der Waals surface area contributed by atoms with Gasteiger partial charge < -0.3 is 10.2 Å². The highest BCUT2D eigenvalue weighted by atomic mass is 35.5. The number of carbonyl (C=O) groups is 1. The molecule has 18 heavy (non-hydrogen) atoms. The minimum Gasteiger partial charge on any atom is -0.321 e. The van der Waals surface area contributed by atoms with E-state index in [0.29, 0.717) is 16.9 Å². The molecule has 3 rings (SSSR count). The van der Waals surface area contributed by atoms with Crippen molar-refractivity contribution in [2.45, 2.75) is 32.2 Å². The largest absolute Gasteiger partial charge is 0.322 e. The molecule has 0 bridgehead atoms. The number of nitrogens with zero attached hydrogens (tertiary/aromatic N) is 2. The summed E-state index contributed by atoms with van der Waals surface area (Å²) in [5, 5.41) is 3.37. The zero-order valence-electron chi connectivity index (χ0n) is 10.3. The second-order valence-corrected chi connectivity index (χ2v) is 5.51. The van der Waals surface area contributed by atoms with Gasteiger partial charge in [0.15, 0.2) is 0 Å². The van der Waals surface area contributed by atoms with Gasteiger partial charge in [0.05, 0.1) is 11.9 Å². The van der Waals surface area contributed by atoms with Gasteiger partial charge in [0, 0.05) is 12.6 Å². The fraction of sp³-hybridized carbons (Fsp3) is 0.538. The smallest absolute Gasteiger partial charge is 0.321 e. The van der Waals surface area contributed by atoms with Gasteiger partial charge in [0.2, 0.25) is 0 Å². The minimum atomic E-state index is -0.0123. The molecule has 5 heteroatoms. The number of likely N-dealkylation sites (tertiary alicyclic amines) is 1. The molecule has 1 N–H and O–H groups in total. The van der Waals surface area contributed by atoms with E-state index in [1.807, 2.05) is 17.9 Å². The van der Waals surface area contributed by atoms with Crippen LogP contribution in [0.5, 0.6) is 0 Å². The molecule has 1 saturated carbocycles. The summed E-state index contributed by atoms with van der Waals surface area (Å²) < 4.78 is 0. The predicted octanol–water partition coefficient (Wildman–Crippen LogP) is 3.06. The molecule has 1 aliphatic heterocycles. The van der Waals surface area contributed by atoms with Gasteiger partial charge in [-0.05, 0) is 43.7 Å². The van der Waals surface area contributed by atoms with E-state index in [4.69, 9.17) is 11.6 Å². The average molecular weight is 266 g/mol. The lowest BCUT2D eigenvalue weighted by Gasteiger charge is -2.41. The maximum absolute atomic E-state index is 12.1. The summed E-state index contributed by atoms with van der Waals surface area (Å²) in [7, 11) is 0. The Hall–Kier alpha value is -1.29. The van der Waals surface area contributed by atoms with Crippen LogP contribution in [0.2, 0.25) is 5.15 Å². The van der Waals surface area contributed by atoms with Crippen molar-refractivity contribution >= 4 is 23.3 Å². The van der Waals surface area contributed by atoms with Gasteiger partial charge >= 0.3 is 6.03 Å². The maximum atomic E-state index is 12.1. The number of nitrogens with one attached hydrogen (secondary N) is 1. The molecule has 2 heterocycles. The molecule has 96 valence electrons. The molecular weight excluding hydrogens is 250 g/mol. The van der Waals surface area contributed by atoms with Gasteiger partial charge in [0.1, 0.15) is 5.15 Å². The standard InChI is InChI=1S/C13H16ClN3O/c1-8-6-10(7-15-12(8)14)16-13(18)17-5-4-11(17)9-2-3-9/h6-7,9,11H,2-5H2,1H3,(H,16,18). The van der Waals surface area contributed by atoms with E-state index < -0.39 is 0 Å². The Morgan fingerprint density at radius 2 is 2.28 bits per heavy atom. The molecule has 1 saturated heterocycles. The first kappa shape index (κ1) is 11.8. The van der Waals surface area contributed by atoms with Crippen LogP contribution in [0.4, 0.5) is 10.5 Å². The van der Waals surface area contributed by atoms with E-state index in [0.717, 1.165) is 24.4 Å². The second kappa shape index (κ2) is 4.43. The van der Waals surface area contributed by atoms with E-state index in [2.05, 4.69) is 10.3 Å². The Labute approximate surface area is 111 Å². The van der Waals surface area contributed by atoms with E-state index >= 15 is 0 Å². The lowest BCUT2D eigenvalue weighted by molar-refractivity contribution is 0.111. The number of halogens is 1. The number of pyridine rings is 1. The van der Waals surface area contributed by atoms with E-state index in [-0.39, 0.29) is 6.03 Å². The molecule has 2 fully saturated rings. The highest BCUT2D eigenvalue weighted by Gasteiger charge is 2.42. The quantitative estimate of drug-likeness (QED) is 0.836. The van der Waals surface area contributed by atoms with Gasteiger partial charge in [-0.25, -0.2) is 9.78 Å². The van der Waals surface area contributed by atoms with Crippen molar-refractivity contribution in [1.82, 2.24) is 9.88 Å². The molecular formula is C13H16ClN3O. The lowest BCUT2D eigenvalue weighted by atomic mass is 9.99. The predicted molar refractivity (Wildman–Crippen MR) is 70.8 cm³/mol. The average Bonchev–Trinajstić information content (AvgIpc) is 3.06. The number of urea groups is 1. The molecule has 1 atom stereocenters. The second-order valence-electron chi connectivity index (χ2n) is 5.15. The third-order valence-corrected chi connectivity index (χ3v) is 4.15. The van der Waals surface area contributed by atoms with Crippen molar-refractivity contribution in [2.75, 3.05) is 11.9 Å². The van der Waals surface area contributed by atoms with Crippen LogP contribution in [0.1, 0.15) is 24.8 Å². The minimum absolute atomic E-state index is 0.0123. The molecule has 0 radical (unpaired) electrons. The van der Waals surface area contributed by atoms with Gasteiger partial charge in [-0.3, -0.25) is 0 Å². The molecule has 2 aliphatic rings. The maximum Gasteiger partial charge on any atom is 0.322 e. The lowest BCUT2D eigenvalue weighted by Crippen LogP contribution is -2.53. The van der Waals surface area contributed by atoms with Gasteiger partial charge in [-0.1, -0.05) is 11.6 Å². The van der Waals surface area contributed by atoms with Crippen molar-refractivity contribution in [3.8, 4) is 0 Å². The summed E-state index contributed by atoms with van der Waals surface area (Å²) in [6.45, 7) is 2.74. The van der Waals surface area contributed by atoms with Crippen LogP contribution in [0.25, 0.3) is 0 Å². The number of hydrogen-bond donors (Lipinski definition) is 1. The van der Waals surface area contributed by atoms with Crippen LogP contribution < -0.4 is 5.32 Å². The van der Waals surface area contributed by atoms with Crippen LogP contribution >= 0.6 is 11.6 Å². The van der Waals surface area contributed by atoms with Gasteiger partial charge in [-0.15, -0.1) is 0 Å². The number of hydrogen-bond acceptors (Lipinski definition) is 2. The normalized spacial score (nSPS) is 22.6. The summed E-state index contributed by atoms with van der Waals surface area (Å²) in [4.78, 5) is 18.1. The zero-order valence-corrected chi connectivity index (χ0v) is 11.1. The van der Waals surface area contributed by atoms with Crippen LogP contribution in [0.3, 0.4) is 0 Å². The monoisotopic (exact) mass is 265 g/mol. The molecule has 1 unspecified atom stereocenters. The highest BCUT2D eigenvalue weighted by Crippen LogP contribution is 2.41. The van der Waals surface area contributed by atoms with Crippen molar-refractivity contribution in [3.05, 3.63) is 23.0 Å². The SMILES string of the molecule is Cc1cc(NC(=O)N2CCC2C2CC2)cnc1Cl. The highest BCUT2D eigenvalue weighted by molar-refractivity contribution is 6.30. The van der Waals surface area contributed by atoms with Crippen LogP contribution in [-0.4, -0.2) is 28.5 Å². The summed E-state index contributed by atoms with van der Waals surface area (Å²) >= 11 is 5.86. The number of rotatable bonds is 2. The van der Waals surface area contributed by atoms with E-state index in [9.17, 15) is 4.79 Å². The number of aryl methyl sites for hydroxylation is 1. The summed E-state index contributed by atoms with van der Waals surface area (Å²) in [6.07, 6.45) is 5.29. The Morgan fingerprint density at radius 1 is 1.50 bits per heavy atom. The van der Waals surface area contributed by atoms with Crippen LogP contribution in [-0.2, 0) is 0 Å². The number of aromatic nitrogens is 1. The van der Waals surface area contributed by atoms with E-state index in [1.54, 1.807) is 6.20 Å². The molecule has 4 nitrogen and oxygen atoms in total. The Morgan fingerprint density at radius 3 is 2.83 bits per heavy atom.